The Kier molecular flexibility index (Phi) is 4.36. The van der Waals surface area contributed by atoms with Crippen molar-refractivity contribution in [2.24, 2.45) is 5.92 Å². The zero-order valence-corrected chi connectivity index (χ0v) is 17.4. The lowest BCUT2D eigenvalue weighted by Gasteiger charge is -2.28. The van der Waals surface area contributed by atoms with Crippen LogP contribution in [0.1, 0.15) is 31.7 Å². The van der Waals surface area contributed by atoms with Gasteiger partial charge in [-0.05, 0) is 56.0 Å². The van der Waals surface area contributed by atoms with Crippen molar-refractivity contribution < 1.29 is 8.42 Å². The molecule has 1 saturated carbocycles. The molecule has 5 rings (SSSR count). The predicted octanol–water partition coefficient (Wildman–Crippen LogP) is 4.24. The second-order valence-electron chi connectivity index (χ2n) is 7.97. The summed E-state index contributed by atoms with van der Waals surface area (Å²) >= 11 is 0. The third-order valence-electron chi connectivity index (χ3n) is 6.02. The van der Waals surface area contributed by atoms with E-state index >= 15 is 0 Å². The highest BCUT2D eigenvalue weighted by Gasteiger charge is 2.27. The van der Waals surface area contributed by atoms with E-state index in [1.54, 1.807) is 18.3 Å². The number of imidazole rings is 1. The minimum Gasteiger partial charge on any atom is -0.346 e. The number of nitriles is 1. The first-order valence-electron chi connectivity index (χ1n) is 10.00. The van der Waals surface area contributed by atoms with E-state index < -0.39 is 9.84 Å². The van der Waals surface area contributed by atoms with E-state index in [0.29, 0.717) is 0 Å². The number of hydrogen-bond acceptors (Lipinski definition) is 5. The van der Waals surface area contributed by atoms with Crippen LogP contribution in [0.5, 0.6) is 0 Å². The quantitative estimate of drug-likeness (QED) is 0.535. The number of aromatic amines is 1. The smallest absolute Gasteiger partial charge is 0.175 e. The van der Waals surface area contributed by atoms with Crippen LogP contribution < -0.4 is 0 Å². The van der Waals surface area contributed by atoms with Gasteiger partial charge in [-0.2, -0.15) is 5.26 Å². The number of fused-ring (bicyclic) bond motifs is 3. The lowest BCUT2D eigenvalue weighted by atomic mass is 9.86. The molecule has 0 aliphatic heterocycles. The molecule has 0 spiro atoms. The molecule has 3 aromatic heterocycles. The molecule has 1 aromatic carbocycles. The third-order valence-corrected chi connectivity index (χ3v) is 7.15. The van der Waals surface area contributed by atoms with Gasteiger partial charge < -0.3 is 9.55 Å². The van der Waals surface area contributed by atoms with E-state index in [0.717, 1.165) is 59.1 Å². The van der Waals surface area contributed by atoms with Gasteiger partial charge in [-0.1, -0.05) is 0 Å². The molecule has 0 unspecified atom stereocenters. The summed E-state index contributed by atoms with van der Waals surface area (Å²) in [5.41, 5.74) is 3.52. The first-order valence-corrected chi connectivity index (χ1v) is 11.9. The van der Waals surface area contributed by atoms with E-state index in [4.69, 9.17) is 4.98 Å². The lowest BCUT2D eigenvalue weighted by molar-refractivity contribution is 0.320. The van der Waals surface area contributed by atoms with Crippen molar-refractivity contribution >= 4 is 31.9 Å². The zero-order valence-electron chi connectivity index (χ0n) is 16.5. The van der Waals surface area contributed by atoms with Crippen LogP contribution in [0.4, 0.5) is 0 Å². The van der Waals surface area contributed by atoms with E-state index in [2.05, 4.69) is 20.6 Å². The van der Waals surface area contributed by atoms with E-state index in [1.807, 2.05) is 24.4 Å². The van der Waals surface area contributed by atoms with Crippen molar-refractivity contribution in [1.82, 2.24) is 19.5 Å². The van der Waals surface area contributed by atoms with Gasteiger partial charge in [0, 0.05) is 35.4 Å². The molecule has 4 aromatic rings. The van der Waals surface area contributed by atoms with Gasteiger partial charge in [0.15, 0.2) is 9.84 Å². The summed E-state index contributed by atoms with van der Waals surface area (Å²) < 4.78 is 26.0. The monoisotopic (exact) mass is 419 g/mol. The van der Waals surface area contributed by atoms with E-state index in [9.17, 15) is 13.7 Å². The van der Waals surface area contributed by atoms with Crippen molar-refractivity contribution in [2.45, 2.75) is 36.6 Å². The fourth-order valence-electron chi connectivity index (χ4n) is 4.47. The predicted molar refractivity (Wildman–Crippen MR) is 115 cm³/mol. The lowest BCUT2D eigenvalue weighted by Crippen LogP contribution is -2.18. The first kappa shape index (κ1) is 18.8. The number of H-pyrrole nitrogens is 1. The normalized spacial score (nSPS) is 19.9. The van der Waals surface area contributed by atoms with Gasteiger partial charge in [0.2, 0.25) is 0 Å². The number of sulfone groups is 1. The summed E-state index contributed by atoms with van der Waals surface area (Å²) in [5, 5.41) is 10.3. The van der Waals surface area contributed by atoms with Gasteiger partial charge in [-0.3, -0.25) is 0 Å². The number of nitrogens with one attached hydrogen (secondary N) is 1. The van der Waals surface area contributed by atoms with Crippen LogP contribution in [0.2, 0.25) is 0 Å². The molecule has 1 aliphatic rings. The molecule has 0 bridgehead atoms. The number of benzene rings is 1. The molecule has 30 heavy (non-hydrogen) atoms. The van der Waals surface area contributed by atoms with Gasteiger partial charge in [0.05, 0.1) is 22.7 Å². The summed E-state index contributed by atoms with van der Waals surface area (Å²) in [7, 11) is -3.26. The fourth-order valence-corrected chi connectivity index (χ4v) is 5.10. The minimum atomic E-state index is -3.26. The third kappa shape index (κ3) is 3.06. The minimum absolute atomic E-state index is 0.113. The van der Waals surface area contributed by atoms with Gasteiger partial charge in [0.25, 0.3) is 0 Å². The van der Waals surface area contributed by atoms with Crippen molar-refractivity contribution in [3.05, 3.63) is 42.7 Å². The Morgan fingerprint density at radius 2 is 1.87 bits per heavy atom. The van der Waals surface area contributed by atoms with Crippen LogP contribution in [0.25, 0.3) is 33.5 Å². The summed E-state index contributed by atoms with van der Waals surface area (Å²) in [5.74, 6) is 0.920. The molecule has 1 fully saturated rings. The highest BCUT2D eigenvalue weighted by Crippen LogP contribution is 2.39. The Bertz CT molecular complexity index is 1390. The van der Waals surface area contributed by atoms with Gasteiger partial charge >= 0.3 is 0 Å². The molecule has 0 saturated heterocycles. The molecular formula is C22H21N5O2S. The Balaban J connectivity index is 1.71. The van der Waals surface area contributed by atoms with Gasteiger partial charge in [0.1, 0.15) is 17.0 Å². The first-order chi connectivity index (χ1) is 14.5. The Labute approximate surface area is 174 Å². The average Bonchev–Trinajstić information content (AvgIpc) is 3.37. The average molecular weight is 420 g/mol. The Hall–Kier alpha value is -3.18. The van der Waals surface area contributed by atoms with Crippen LogP contribution in [-0.4, -0.2) is 34.2 Å². The topological polar surface area (TPSA) is 104 Å². The molecule has 0 radical (unpaired) electrons. The second-order valence-corrected chi connectivity index (χ2v) is 9.98. The Morgan fingerprint density at radius 3 is 2.53 bits per heavy atom. The number of pyridine rings is 1. The molecular weight excluding hydrogens is 398 g/mol. The molecule has 3 heterocycles. The van der Waals surface area contributed by atoms with Crippen molar-refractivity contribution in [3.63, 3.8) is 0 Å². The van der Waals surface area contributed by atoms with Gasteiger partial charge in [-0.25, -0.2) is 18.4 Å². The number of hydrogen-bond donors (Lipinski definition) is 1. The molecule has 8 heteroatoms. The van der Waals surface area contributed by atoms with Crippen LogP contribution in [-0.2, 0) is 9.84 Å². The van der Waals surface area contributed by atoms with Crippen LogP contribution in [0.15, 0.2) is 47.6 Å². The van der Waals surface area contributed by atoms with Crippen LogP contribution in [0.3, 0.4) is 0 Å². The maximum atomic E-state index is 11.9. The fraction of sp³-hybridized carbons (Fsp3) is 0.318. The Morgan fingerprint density at radius 1 is 1.13 bits per heavy atom. The number of rotatable bonds is 3. The maximum Gasteiger partial charge on any atom is 0.175 e. The molecule has 0 atom stereocenters. The van der Waals surface area contributed by atoms with Crippen molar-refractivity contribution in [2.75, 3.05) is 6.26 Å². The van der Waals surface area contributed by atoms with Crippen molar-refractivity contribution in [3.8, 4) is 17.5 Å². The second kappa shape index (κ2) is 6.96. The van der Waals surface area contributed by atoms with Crippen LogP contribution >= 0.6 is 0 Å². The van der Waals surface area contributed by atoms with Crippen molar-refractivity contribution in [1.29, 1.82) is 5.26 Å². The van der Waals surface area contributed by atoms with E-state index in [-0.39, 0.29) is 16.9 Å². The zero-order chi connectivity index (χ0) is 20.9. The summed E-state index contributed by atoms with van der Waals surface area (Å²) in [6.45, 7) is 0. The highest BCUT2D eigenvalue weighted by atomic mass is 32.2. The van der Waals surface area contributed by atoms with Gasteiger partial charge in [-0.15, -0.1) is 0 Å². The van der Waals surface area contributed by atoms with Crippen LogP contribution in [0, 0.1) is 17.2 Å². The summed E-state index contributed by atoms with van der Waals surface area (Å²) in [6.07, 6.45) is 8.42. The molecule has 0 amide bonds. The summed E-state index contributed by atoms with van der Waals surface area (Å²) in [6, 6.07) is 11.5. The highest BCUT2D eigenvalue weighted by molar-refractivity contribution is 7.90. The molecule has 1 aliphatic carbocycles. The van der Waals surface area contributed by atoms with E-state index in [1.165, 1.54) is 6.26 Å². The largest absolute Gasteiger partial charge is 0.346 e. The SMILES string of the molecule is CS(=O)(=O)c1ccc(-c2nc3cnc4[nH]ccc4c3n2C2CCC(C#N)CC2)cc1. The number of nitrogens with zero attached hydrogens (tertiary/aromatic N) is 4. The maximum absolute atomic E-state index is 11.9. The standard InChI is InChI=1S/C22H21N5O2S/c1-30(28,29)17-8-4-15(5-9-17)22-26-19-13-25-21-18(10-11-24-21)20(19)27(22)16-6-2-14(12-23)3-7-16/h4-5,8-11,13-14,16H,2-3,6-7H2,1H3,(H,24,25). The molecule has 7 nitrogen and oxygen atoms in total. The molecule has 152 valence electrons. The molecule has 1 N–H and O–H groups in total. The number of aromatic nitrogens is 4. The summed E-state index contributed by atoms with van der Waals surface area (Å²) in [4.78, 5) is 12.8.